The number of alkyl carbamates (subject to hydrolysis) is 1. The zero-order chi connectivity index (χ0) is 17.3. The zero-order valence-electron chi connectivity index (χ0n) is 14.3. The van der Waals surface area contributed by atoms with Crippen LogP contribution in [0.15, 0.2) is 30.3 Å². The molecular weight excluding hydrogens is 292 g/mol. The number of nitrogens with one attached hydrogen (secondary N) is 2. The van der Waals surface area contributed by atoms with Crippen molar-refractivity contribution in [3.8, 4) is 0 Å². The van der Waals surface area contributed by atoms with Gasteiger partial charge in [0.25, 0.3) is 0 Å². The molecule has 0 aliphatic heterocycles. The van der Waals surface area contributed by atoms with Crippen molar-refractivity contribution < 1.29 is 9.53 Å². The molecule has 0 radical (unpaired) electrons. The highest BCUT2D eigenvalue weighted by Gasteiger charge is 2.18. The van der Waals surface area contributed by atoms with Gasteiger partial charge in [0.2, 0.25) is 0 Å². The number of carbonyl (C=O) groups excluding carboxylic acids is 1. The number of hydrogen-bond acceptors (Lipinski definition) is 5. The van der Waals surface area contributed by atoms with E-state index in [1.165, 1.54) is 5.56 Å². The van der Waals surface area contributed by atoms with E-state index in [1.807, 2.05) is 18.2 Å². The number of amides is 1. The molecule has 130 valence electrons. The van der Waals surface area contributed by atoms with E-state index in [1.54, 1.807) is 20.8 Å². The maximum atomic E-state index is 11.6. The quantitative estimate of drug-likeness (QED) is 0.431. The first-order valence-electron chi connectivity index (χ1n) is 8.04. The minimum absolute atomic E-state index is 0.268. The van der Waals surface area contributed by atoms with Gasteiger partial charge in [-0.05, 0) is 45.7 Å². The van der Waals surface area contributed by atoms with Crippen molar-refractivity contribution in [3.05, 3.63) is 35.9 Å². The summed E-state index contributed by atoms with van der Waals surface area (Å²) < 4.78 is 5.15. The second-order valence-corrected chi connectivity index (χ2v) is 6.64. The van der Waals surface area contributed by atoms with Crippen LogP contribution in [-0.4, -0.2) is 30.6 Å². The first-order valence-corrected chi connectivity index (χ1v) is 8.04. The Hall–Kier alpha value is -1.63. The lowest BCUT2D eigenvalue weighted by molar-refractivity contribution is 0.0501. The summed E-state index contributed by atoms with van der Waals surface area (Å²) in [6.45, 7) is 6.21. The zero-order valence-corrected chi connectivity index (χ0v) is 14.3. The summed E-state index contributed by atoms with van der Waals surface area (Å²) in [5.41, 5.74) is 12.6. The van der Waals surface area contributed by atoms with E-state index < -0.39 is 17.9 Å². The van der Waals surface area contributed by atoms with Gasteiger partial charge in [0.05, 0.1) is 12.3 Å². The Labute approximate surface area is 139 Å². The van der Waals surface area contributed by atoms with Crippen molar-refractivity contribution in [2.24, 2.45) is 11.5 Å². The van der Waals surface area contributed by atoms with Gasteiger partial charge in [0.15, 0.2) is 0 Å². The molecule has 0 saturated heterocycles. The van der Waals surface area contributed by atoms with Gasteiger partial charge < -0.3 is 26.8 Å². The van der Waals surface area contributed by atoms with Crippen LogP contribution in [0.5, 0.6) is 0 Å². The molecule has 6 heteroatoms. The summed E-state index contributed by atoms with van der Waals surface area (Å²) in [4.78, 5) is 11.6. The number of carbonyl (C=O) groups is 1. The van der Waals surface area contributed by atoms with Gasteiger partial charge in [-0.25, -0.2) is 4.79 Å². The first kappa shape index (κ1) is 19.4. The van der Waals surface area contributed by atoms with E-state index >= 15 is 0 Å². The second kappa shape index (κ2) is 9.50. The number of aryl methyl sites for hydroxylation is 1. The van der Waals surface area contributed by atoms with Gasteiger partial charge in [0, 0.05) is 6.42 Å². The highest BCUT2D eigenvalue weighted by atomic mass is 16.6. The summed E-state index contributed by atoms with van der Waals surface area (Å²) in [5, 5.41) is 5.79. The molecule has 2 unspecified atom stereocenters. The minimum Gasteiger partial charge on any atom is -0.444 e. The highest BCUT2D eigenvalue weighted by Crippen LogP contribution is 2.06. The van der Waals surface area contributed by atoms with Crippen LogP contribution in [0.3, 0.4) is 0 Å². The topological polar surface area (TPSA) is 102 Å². The molecule has 0 saturated carbocycles. The Balaban J connectivity index is 2.15. The van der Waals surface area contributed by atoms with E-state index in [0.29, 0.717) is 6.42 Å². The normalized spacial score (nSPS) is 14.1. The van der Waals surface area contributed by atoms with Gasteiger partial charge in [-0.3, -0.25) is 0 Å². The van der Waals surface area contributed by atoms with E-state index in [4.69, 9.17) is 16.2 Å². The van der Waals surface area contributed by atoms with Gasteiger partial charge >= 0.3 is 6.09 Å². The van der Waals surface area contributed by atoms with Crippen LogP contribution in [0, 0.1) is 0 Å². The largest absolute Gasteiger partial charge is 0.444 e. The molecule has 6 N–H and O–H groups in total. The van der Waals surface area contributed by atoms with Crippen molar-refractivity contribution in [2.45, 2.75) is 58.0 Å². The van der Waals surface area contributed by atoms with Crippen LogP contribution < -0.4 is 22.1 Å². The minimum atomic E-state index is -0.540. The molecule has 6 nitrogen and oxygen atoms in total. The summed E-state index contributed by atoms with van der Waals surface area (Å²) >= 11 is 0. The predicted octanol–water partition coefficient (Wildman–Crippen LogP) is 1.69. The summed E-state index contributed by atoms with van der Waals surface area (Å²) in [7, 11) is 0. The number of ether oxygens (including phenoxy) is 1. The number of hydrogen-bond donors (Lipinski definition) is 4. The molecule has 1 rings (SSSR count). The number of nitrogens with two attached hydrogens (primary N) is 2. The monoisotopic (exact) mass is 322 g/mol. The smallest absolute Gasteiger partial charge is 0.408 e. The molecule has 0 aromatic heterocycles. The Morgan fingerprint density at radius 2 is 1.83 bits per heavy atom. The van der Waals surface area contributed by atoms with Crippen LogP contribution >= 0.6 is 0 Å². The highest BCUT2D eigenvalue weighted by molar-refractivity contribution is 5.67. The standard InChI is InChI=1S/C17H30N4O2/c1-17(2,3)23-16(22)21-15(19)12-14(18)20-11-7-10-13-8-5-4-6-9-13/h4-6,8-9,14-15,20H,7,10-12,18-19H2,1-3H3,(H,21,22). The lowest BCUT2D eigenvalue weighted by Crippen LogP contribution is -2.50. The lowest BCUT2D eigenvalue weighted by Gasteiger charge is -2.23. The van der Waals surface area contributed by atoms with Crippen LogP contribution in [0.25, 0.3) is 0 Å². The van der Waals surface area contributed by atoms with Crippen LogP contribution in [0.1, 0.15) is 39.2 Å². The Morgan fingerprint density at radius 1 is 1.17 bits per heavy atom. The lowest BCUT2D eigenvalue weighted by atomic mass is 10.1. The van der Waals surface area contributed by atoms with E-state index in [9.17, 15) is 4.79 Å². The predicted molar refractivity (Wildman–Crippen MR) is 92.7 cm³/mol. The fraction of sp³-hybridized carbons (Fsp3) is 0.588. The fourth-order valence-corrected chi connectivity index (χ4v) is 2.10. The molecule has 23 heavy (non-hydrogen) atoms. The second-order valence-electron chi connectivity index (χ2n) is 6.64. The van der Waals surface area contributed by atoms with Crippen molar-refractivity contribution in [1.29, 1.82) is 0 Å². The van der Waals surface area contributed by atoms with Gasteiger partial charge in [-0.15, -0.1) is 0 Å². The number of rotatable bonds is 8. The van der Waals surface area contributed by atoms with Crippen molar-refractivity contribution in [3.63, 3.8) is 0 Å². The molecule has 0 aliphatic rings. The fourth-order valence-electron chi connectivity index (χ4n) is 2.10. The maximum absolute atomic E-state index is 11.6. The van der Waals surface area contributed by atoms with Gasteiger partial charge in [0.1, 0.15) is 5.60 Å². The van der Waals surface area contributed by atoms with Gasteiger partial charge in [-0.1, -0.05) is 30.3 Å². The van der Waals surface area contributed by atoms with Gasteiger partial charge in [-0.2, -0.15) is 0 Å². The SMILES string of the molecule is CC(C)(C)OC(=O)NC(N)CC(N)NCCCc1ccccc1. The van der Waals surface area contributed by atoms with Crippen molar-refractivity contribution in [1.82, 2.24) is 10.6 Å². The summed E-state index contributed by atoms with van der Waals surface area (Å²) in [6.07, 6.45) is 1.10. The average molecular weight is 322 g/mol. The summed E-state index contributed by atoms with van der Waals surface area (Å²) in [5.74, 6) is 0. The van der Waals surface area contributed by atoms with Crippen molar-refractivity contribution in [2.75, 3.05) is 6.54 Å². The molecular formula is C17H30N4O2. The Morgan fingerprint density at radius 3 is 2.43 bits per heavy atom. The molecule has 0 fully saturated rings. The molecule has 1 aromatic rings. The van der Waals surface area contributed by atoms with Crippen molar-refractivity contribution >= 4 is 6.09 Å². The summed E-state index contributed by atoms with van der Waals surface area (Å²) in [6, 6.07) is 10.3. The van der Waals surface area contributed by atoms with E-state index in [0.717, 1.165) is 19.4 Å². The molecule has 1 aromatic carbocycles. The molecule has 2 atom stereocenters. The first-order chi connectivity index (χ1) is 10.8. The molecule has 1 amide bonds. The molecule has 0 spiro atoms. The average Bonchev–Trinajstić information content (AvgIpc) is 2.42. The van der Waals surface area contributed by atoms with Crippen LogP contribution in [-0.2, 0) is 11.2 Å². The third-order valence-electron chi connectivity index (χ3n) is 3.10. The third kappa shape index (κ3) is 9.89. The maximum Gasteiger partial charge on any atom is 0.408 e. The van der Waals surface area contributed by atoms with Crippen LogP contribution in [0.4, 0.5) is 4.79 Å². The molecule has 0 bridgehead atoms. The van der Waals surface area contributed by atoms with Crippen LogP contribution in [0.2, 0.25) is 0 Å². The number of benzene rings is 1. The van der Waals surface area contributed by atoms with E-state index in [-0.39, 0.29) is 6.17 Å². The third-order valence-corrected chi connectivity index (χ3v) is 3.10. The van der Waals surface area contributed by atoms with E-state index in [2.05, 4.69) is 22.8 Å². The molecule has 0 heterocycles. The Kier molecular flexibility index (Phi) is 8.02. The Bertz CT molecular complexity index is 459. The molecule has 0 aliphatic carbocycles.